The van der Waals surface area contributed by atoms with Crippen molar-refractivity contribution in [1.29, 1.82) is 0 Å². The van der Waals surface area contributed by atoms with Gasteiger partial charge in [0.05, 0.1) is 0 Å². The van der Waals surface area contributed by atoms with Crippen LogP contribution in [0.25, 0.3) is 0 Å². The summed E-state index contributed by atoms with van der Waals surface area (Å²) in [5, 5.41) is 0. The Morgan fingerprint density at radius 3 is 0.476 bits per heavy atom. The third-order valence-corrected chi connectivity index (χ3v) is 1.98. The molecule has 4 N–H and O–H groups in total. The summed E-state index contributed by atoms with van der Waals surface area (Å²) >= 11 is 0. The smallest absolute Gasteiger partial charge is 0.000496 e. The Balaban J connectivity index is 0.000000250. The predicted octanol–water partition coefficient (Wildman–Crippen LogP) is 3.68. The zero-order chi connectivity index (χ0) is 14.1. The van der Waals surface area contributed by atoms with Crippen LogP contribution in [0.4, 0.5) is 0 Å². The molecule has 0 aromatic carbocycles. The molecule has 108 valence electrons. The molecule has 0 atom stereocenters. The van der Waals surface area contributed by atoms with E-state index >= 15 is 0 Å². The maximum absolute atomic E-state index is 2.86. The fourth-order valence-electron chi connectivity index (χ4n) is 1.11. The van der Waals surface area contributed by atoms with Crippen LogP contribution in [0.5, 0.6) is 0 Å². The van der Waals surface area contributed by atoms with Gasteiger partial charge in [-0.1, -0.05) is 0 Å². The minimum atomic E-state index is 0. The van der Waals surface area contributed by atoms with E-state index in [9.17, 15) is 0 Å². The number of nitrogens with one attached hydrogen (secondary N) is 4. The van der Waals surface area contributed by atoms with Gasteiger partial charge >= 0.3 is 0 Å². The molecular formula is C16H20N4Sn. The quantitative estimate of drug-likeness (QED) is 0.333. The van der Waals surface area contributed by atoms with E-state index in [-0.39, 0.29) is 23.9 Å². The molecule has 4 rings (SSSR count). The fraction of sp³-hybridized carbons (Fsp3) is 0. The maximum atomic E-state index is 2.86. The van der Waals surface area contributed by atoms with Gasteiger partial charge in [-0.2, -0.15) is 0 Å². The molecule has 5 heteroatoms. The monoisotopic (exact) mass is 388 g/mol. The number of aromatic nitrogens is 4. The second-order valence-corrected chi connectivity index (χ2v) is 3.54. The van der Waals surface area contributed by atoms with Gasteiger partial charge in [0.1, 0.15) is 0 Å². The molecule has 0 unspecified atom stereocenters. The number of rotatable bonds is 0. The summed E-state index contributed by atoms with van der Waals surface area (Å²) in [5.74, 6) is 0. The zero-order valence-electron chi connectivity index (χ0n) is 11.7. The Hall–Kier alpha value is -2.08. The topological polar surface area (TPSA) is 63.2 Å². The first-order valence-corrected chi connectivity index (χ1v) is 6.31. The summed E-state index contributed by atoms with van der Waals surface area (Å²) in [4.78, 5) is 11.4. The molecule has 0 aliphatic heterocycles. The largest absolute Gasteiger partial charge is 0.368 e. The van der Waals surface area contributed by atoms with Crippen molar-refractivity contribution in [2.75, 3.05) is 0 Å². The Morgan fingerprint density at radius 2 is 0.429 bits per heavy atom. The van der Waals surface area contributed by atoms with Gasteiger partial charge in [-0.3, -0.25) is 0 Å². The summed E-state index contributed by atoms with van der Waals surface area (Å²) in [6.45, 7) is 0. The number of H-pyrrole nitrogens is 4. The molecule has 4 aromatic rings. The van der Waals surface area contributed by atoms with E-state index in [2.05, 4.69) is 19.9 Å². The van der Waals surface area contributed by atoms with Crippen LogP contribution in [0.15, 0.2) is 98.1 Å². The van der Waals surface area contributed by atoms with Gasteiger partial charge in [0.25, 0.3) is 0 Å². The van der Waals surface area contributed by atoms with Crippen LogP contribution in [0.3, 0.4) is 0 Å². The second-order valence-electron chi connectivity index (χ2n) is 3.54. The van der Waals surface area contributed by atoms with Crippen molar-refractivity contribution in [3.05, 3.63) is 98.1 Å². The molecule has 4 aromatic heterocycles. The van der Waals surface area contributed by atoms with Gasteiger partial charge in [-0.25, -0.2) is 0 Å². The molecule has 0 spiro atoms. The summed E-state index contributed by atoms with van der Waals surface area (Å²) in [6, 6.07) is 15.6. The van der Waals surface area contributed by atoms with Crippen molar-refractivity contribution >= 4 is 23.9 Å². The molecule has 4 radical (unpaired) electrons. The third kappa shape index (κ3) is 14.1. The third-order valence-electron chi connectivity index (χ3n) is 1.98. The first-order chi connectivity index (χ1) is 10.0. The zero-order valence-corrected chi connectivity index (χ0v) is 14.6. The van der Waals surface area contributed by atoms with E-state index in [1.165, 1.54) is 0 Å². The van der Waals surface area contributed by atoms with Gasteiger partial charge in [0.15, 0.2) is 0 Å². The van der Waals surface area contributed by atoms with E-state index in [0.717, 1.165) is 0 Å². The number of aromatic amines is 4. The van der Waals surface area contributed by atoms with Crippen molar-refractivity contribution in [2.24, 2.45) is 0 Å². The minimum absolute atomic E-state index is 0. The molecule has 4 nitrogen and oxygen atoms in total. The van der Waals surface area contributed by atoms with Crippen molar-refractivity contribution in [3.63, 3.8) is 0 Å². The molecule has 0 saturated carbocycles. The van der Waals surface area contributed by atoms with Crippen LogP contribution in [0.1, 0.15) is 0 Å². The molecule has 4 heterocycles. The van der Waals surface area contributed by atoms with Crippen LogP contribution >= 0.6 is 0 Å². The van der Waals surface area contributed by atoms with Gasteiger partial charge in [-0.05, 0) is 48.5 Å². The van der Waals surface area contributed by atoms with E-state index < -0.39 is 0 Å². The average molecular weight is 387 g/mol. The van der Waals surface area contributed by atoms with Gasteiger partial charge in [0.2, 0.25) is 0 Å². The Morgan fingerprint density at radius 1 is 0.286 bits per heavy atom. The van der Waals surface area contributed by atoms with Crippen LogP contribution in [0, 0.1) is 0 Å². The first kappa shape index (κ1) is 18.9. The Bertz CT molecular complexity index is 351. The predicted molar refractivity (Wildman–Crippen MR) is 88.9 cm³/mol. The molecule has 0 amide bonds. The van der Waals surface area contributed by atoms with Crippen LogP contribution in [-0.2, 0) is 0 Å². The molecule has 21 heavy (non-hydrogen) atoms. The minimum Gasteiger partial charge on any atom is -0.368 e. The van der Waals surface area contributed by atoms with E-state index in [4.69, 9.17) is 0 Å². The van der Waals surface area contributed by atoms with Crippen molar-refractivity contribution in [2.45, 2.75) is 0 Å². The van der Waals surface area contributed by atoms with Crippen molar-refractivity contribution in [3.8, 4) is 0 Å². The van der Waals surface area contributed by atoms with Crippen LogP contribution < -0.4 is 0 Å². The van der Waals surface area contributed by atoms with Gasteiger partial charge in [-0.15, -0.1) is 0 Å². The molecule has 0 aliphatic rings. The van der Waals surface area contributed by atoms with Crippen molar-refractivity contribution in [1.82, 2.24) is 19.9 Å². The standard InChI is InChI=1S/4C4H5N.Sn/c4*1-2-4-5-3-1;/h4*1-5H;. The fourth-order valence-corrected chi connectivity index (χ4v) is 1.11. The Kier molecular flexibility index (Phi) is 14.4. The average Bonchev–Trinajstić information content (AvgIpc) is 3.40. The number of hydrogen-bond acceptors (Lipinski definition) is 0. The summed E-state index contributed by atoms with van der Waals surface area (Å²) in [6.07, 6.45) is 15.0. The normalized spacial score (nSPS) is 7.62. The summed E-state index contributed by atoms with van der Waals surface area (Å²) < 4.78 is 0. The Labute approximate surface area is 142 Å². The maximum Gasteiger partial charge on any atom is 0.000496 e. The molecule has 0 bridgehead atoms. The first-order valence-electron chi connectivity index (χ1n) is 6.31. The molecule has 0 saturated heterocycles. The SMILES string of the molecule is [Sn].c1cc[nH]c1.c1cc[nH]c1.c1cc[nH]c1.c1cc[nH]c1. The summed E-state index contributed by atoms with van der Waals surface area (Å²) in [5.41, 5.74) is 0. The molecule has 0 fully saturated rings. The van der Waals surface area contributed by atoms with Gasteiger partial charge in [0, 0.05) is 73.5 Å². The van der Waals surface area contributed by atoms with E-state index in [0.29, 0.717) is 0 Å². The molecule has 0 aliphatic carbocycles. The van der Waals surface area contributed by atoms with Crippen molar-refractivity contribution < 1.29 is 0 Å². The summed E-state index contributed by atoms with van der Waals surface area (Å²) in [7, 11) is 0. The van der Waals surface area contributed by atoms with Gasteiger partial charge < -0.3 is 19.9 Å². The molecular weight excluding hydrogens is 367 g/mol. The van der Waals surface area contributed by atoms with E-state index in [1.54, 1.807) is 0 Å². The number of hydrogen-bond donors (Lipinski definition) is 4. The van der Waals surface area contributed by atoms with Crippen LogP contribution in [0.2, 0.25) is 0 Å². The second kappa shape index (κ2) is 16.0. The van der Waals surface area contributed by atoms with E-state index in [1.807, 2.05) is 98.1 Å². The van der Waals surface area contributed by atoms with Crippen LogP contribution in [-0.4, -0.2) is 43.8 Å².